The number of carboxylic acids is 1. The third-order valence-electron chi connectivity index (χ3n) is 8.28. The number of carboxylic acid groups (broad SMARTS) is 1. The molecule has 3 aliphatic heterocycles. The standard InChI is InChI=1S/C25H40N2O6/c1-7-10-16(6)26(13-8-2)22(30)20-25-12-11-24(9-3,33-25)19(23(31)32)18(25)21(29)27(20)17(14-28)15(4)5/h8,15-20,28H,2,7,9-14H2,1,3-6H3,(H,31,32)/t16?,17-,18-,19-,20?,24+,25?/m0/s1. The van der Waals surface area contributed by atoms with Crippen LogP contribution in [0.4, 0.5) is 0 Å². The first-order chi connectivity index (χ1) is 15.6. The summed E-state index contributed by atoms with van der Waals surface area (Å²) in [5.41, 5.74) is -2.14. The van der Waals surface area contributed by atoms with Gasteiger partial charge in [0, 0.05) is 12.6 Å². The van der Waals surface area contributed by atoms with Gasteiger partial charge in [-0.1, -0.05) is 40.2 Å². The van der Waals surface area contributed by atoms with E-state index in [0.717, 1.165) is 12.8 Å². The topological polar surface area (TPSA) is 107 Å². The summed E-state index contributed by atoms with van der Waals surface area (Å²) in [6.45, 7) is 13.5. The number of aliphatic hydroxyl groups is 1. The second-order valence-corrected chi connectivity index (χ2v) is 10.3. The van der Waals surface area contributed by atoms with Crippen molar-refractivity contribution in [3.63, 3.8) is 0 Å². The molecule has 0 aliphatic carbocycles. The van der Waals surface area contributed by atoms with Gasteiger partial charge in [-0.3, -0.25) is 14.4 Å². The van der Waals surface area contributed by atoms with Crippen molar-refractivity contribution >= 4 is 17.8 Å². The molecule has 3 heterocycles. The van der Waals surface area contributed by atoms with Gasteiger partial charge in [-0.25, -0.2) is 0 Å². The normalized spacial score (nSPS) is 34.5. The number of aliphatic carboxylic acids is 1. The van der Waals surface area contributed by atoms with Crippen LogP contribution < -0.4 is 0 Å². The molecule has 1 spiro atoms. The lowest BCUT2D eigenvalue weighted by Gasteiger charge is -2.42. The Labute approximate surface area is 196 Å². The molecule has 0 aromatic carbocycles. The molecule has 0 radical (unpaired) electrons. The second kappa shape index (κ2) is 9.37. The molecule has 0 aromatic heterocycles. The fourth-order valence-electron chi connectivity index (χ4n) is 6.65. The van der Waals surface area contributed by atoms with Crippen LogP contribution in [0.2, 0.25) is 0 Å². The van der Waals surface area contributed by atoms with Gasteiger partial charge >= 0.3 is 5.97 Å². The molecule has 7 atom stereocenters. The Bertz CT molecular complexity index is 800. The van der Waals surface area contributed by atoms with Gasteiger partial charge in [0.2, 0.25) is 11.8 Å². The molecule has 3 rings (SSSR count). The first-order valence-electron chi connectivity index (χ1n) is 12.3. The lowest BCUT2D eigenvalue weighted by Crippen LogP contribution is -2.60. The molecule has 3 fully saturated rings. The van der Waals surface area contributed by atoms with Crippen LogP contribution in [0.25, 0.3) is 0 Å². The van der Waals surface area contributed by atoms with E-state index in [1.54, 1.807) is 11.0 Å². The Morgan fingerprint density at radius 1 is 1.30 bits per heavy atom. The highest BCUT2D eigenvalue weighted by Crippen LogP contribution is 2.64. The largest absolute Gasteiger partial charge is 0.481 e. The number of hydrogen-bond donors (Lipinski definition) is 2. The minimum Gasteiger partial charge on any atom is -0.481 e. The molecule has 2 N–H and O–H groups in total. The molecule has 2 amide bonds. The van der Waals surface area contributed by atoms with Gasteiger partial charge < -0.3 is 24.7 Å². The third-order valence-corrected chi connectivity index (χ3v) is 8.28. The van der Waals surface area contributed by atoms with E-state index in [-0.39, 0.29) is 30.4 Å². The smallest absolute Gasteiger partial charge is 0.310 e. The number of fused-ring (bicyclic) bond motifs is 1. The van der Waals surface area contributed by atoms with Crippen LogP contribution in [-0.4, -0.2) is 80.3 Å². The Kier molecular flexibility index (Phi) is 7.30. The fraction of sp³-hybridized carbons (Fsp3) is 0.800. The lowest BCUT2D eigenvalue weighted by molar-refractivity contribution is -0.161. The lowest BCUT2D eigenvalue weighted by atomic mass is 9.65. The highest BCUT2D eigenvalue weighted by molar-refractivity contribution is 5.98. The maximum atomic E-state index is 14.2. The zero-order valence-corrected chi connectivity index (χ0v) is 20.6. The average Bonchev–Trinajstić information content (AvgIpc) is 3.36. The maximum absolute atomic E-state index is 14.2. The number of rotatable bonds is 11. The van der Waals surface area contributed by atoms with E-state index in [1.165, 1.54) is 4.90 Å². The predicted octanol–water partition coefficient (Wildman–Crippen LogP) is 2.45. The van der Waals surface area contributed by atoms with Gasteiger partial charge in [0.15, 0.2) is 0 Å². The number of amides is 2. The predicted molar refractivity (Wildman–Crippen MR) is 123 cm³/mol. The van der Waals surface area contributed by atoms with Crippen LogP contribution in [0, 0.1) is 17.8 Å². The number of carbonyl (C=O) groups excluding carboxylic acids is 2. The van der Waals surface area contributed by atoms with Crippen molar-refractivity contribution in [3.8, 4) is 0 Å². The summed E-state index contributed by atoms with van der Waals surface area (Å²) in [6.07, 6.45) is 4.78. The molecule has 3 saturated heterocycles. The Morgan fingerprint density at radius 3 is 2.45 bits per heavy atom. The van der Waals surface area contributed by atoms with Crippen molar-refractivity contribution in [3.05, 3.63) is 12.7 Å². The summed E-state index contributed by atoms with van der Waals surface area (Å²) in [6, 6.07) is -1.65. The summed E-state index contributed by atoms with van der Waals surface area (Å²) >= 11 is 0. The quantitative estimate of drug-likeness (QED) is 0.455. The van der Waals surface area contributed by atoms with Crippen LogP contribution >= 0.6 is 0 Å². The monoisotopic (exact) mass is 464 g/mol. The van der Waals surface area contributed by atoms with Gasteiger partial charge in [0.25, 0.3) is 0 Å². The van der Waals surface area contributed by atoms with Crippen molar-refractivity contribution in [2.45, 2.75) is 96.1 Å². The molecular weight excluding hydrogens is 424 g/mol. The Morgan fingerprint density at radius 2 is 1.97 bits per heavy atom. The zero-order valence-electron chi connectivity index (χ0n) is 20.6. The average molecular weight is 465 g/mol. The highest BCUT2D eigenvalue weighted by Gasteiger charge is 2.79. The van der Waals surface area contributed by atoms with Crippen LogP contribution in [0.5, 0.6) is 0 Å². The molecule has 8 nitrogen and oxygen atoms in total. The van der Waals surface area contributed by atoms with E-state index < -0.39 is 41.1 Å². The van der Waals surface area contributed by atoms with Crippen molar-refractivity contribution in [2.75, 3.05) is 13.2 Å². The van der Waals surface area contributed by atoms with E-state index >= 15 is 0 Å². The van der Waals surface area contributed by atoms with Gasteiger partial charge in [0.1, 0.15) is 17.6 Å². The Hall–Kier alpha value is -1.93. The van der Waals surface area contributed by atoms with Crippen LogP contribution in [-0.2, 0) is 19.1 Å². The zero-order chi connectivity index (χ0) is 24.7. The molecule has 3 unspecified atom stereocenters. The minimum absolute atomic E-state index is 0.0754. The van der Waals surface area contributed by atoms with E-state index in [4.69, 9.17) is 4.74 Å². The second-order valence-electron chi connectivity index (χ2n) is 10.3. The number of hydrogen-bond acceptors (Lipinski definition) is 5. The highest BCUT2D eigenvalue weighted by atomic mass is 16.5. The molecule has 2 bridgehead atoms. The van der Waals surface area contributed by atoms with Crippen molar-refractivity contribution in [1.29, 1.82) is 0 Å². The van der Waals surface area contributed by atoms with E-state index in [1.807, 2.05) is 27.7 Å². The number of carbonyl (C=O) groups is 3. The van der Waals surface area contributed by atoms with Crippen LogP contribution in [0.15, 0.2) is 12.7 Å². The van der Waals surface area contributed by atoms with Gasteiger partial charge in [0.05, 0.1) is 24.2 Å². The van der Waals surface area contributed by atoms with Gasteiger partial charge in [-0.15, -0.1) is 6.58 Å². The Balaban J connectivity index is 2.17. The molecule has 0 aromatic rings. The number of nitrogens with zero attached hydrogens (tertiary/aromatic N) is 2. The molecule has 186 valence electrons. The van der Waals surface area contributed by atoms with E-state index in [0.29, 0.717) is 25.8 Å². The maximum Gasteiger partial charge on any atom is 0.310 e. The third kappa shape index (κ3) is 3.70. The fourth-order valence-corrected chi connectivity index (χ4v) is 6.65. The summed E-state index contributed by atoms with van der Waals surface area (Å²) in [5, 5.41) is 20.4. The van der Waals surface area contributed by atoms with E-state index in [2.05, 4.69) is 13.5 Å². The SMILES string of the molecule is C=CCN(C(=O)C1N([C@@H](CO)C(C)C)C(=O)[C@@H]2[C@@H](C(=O)O)[C@@]3(CC)CCC12O3)C(C)CCC. The number of likely N-dealkylation sites (tertiary alicyclic amines) is 1. The molecule has 0 saturated carbocycles. The number of ether oxygens (including phenoxy) is 1. The van der Waals surface area contributed by atoms with Crippen LogP contribution in [0.1, 0.15) is 66.7 Å². The summed E-state index contributed by atoms with van der Waals surface area (Å²) < 4.78 is 6.57. The van der Waals surface area contributed by atoms with Crippen molar-refractivity contribution in [2.24, 2.45) is 17.8 Å². The van der Waals surface area contributed by atoms with Gasteiger partial charge in [-0.2, -0.15) is 0 Å². The summed E-state index contributed by atoms with van der Waals surface area (Å²) in [5.74, 6) is -3.74. The van der Waals surface area contributed by atoms with Gasteiger partial charge in [-0.05, 0) is 38.5 Å². The first kappa shape index (κ1) is 25.7. The first-order valence-corrected chi connectivity index (χ1v) is 12.3. The molecule has 3 aliphatic rings. The number of aliphatic hydroxyl groups excluding tert-OH is 1. The summed E-state index contributed by atoms with van der Waals surface area (Å²) in [4.78, 5) is 43.8. The van der Waals surface area contributed by atoms with Crippen molar-refractivity contribution in [1.82, 2.24) is 9.80 Å². The van der Waals surface area contributed by atoms with E-state index in [9.17, 15) is 24.6 Å². The molecular formula is C25H40N2O6. The minimum atomic E-state index is -1.19. The molecule has 8 heteroatoms. The van der Waals surface area contributed by atoms with Crippen LogP contribution in [0.3, 0.4) is 0 Å². The molecule has 33 heavy (non-hydrogen) atoms. The summed E-state index contributed by atoms with van der Waals surface area (Å²) in [7, 11) is 0. The van der Waals surface area contributed by atoms with Crippen molar-refractivity contribution < 1.29 is 29.3 Å².